The Morgan fingerprint density at radius 1 is 1.19 bits per heavy atom. The molecule has 0 bridgehead atoms. The molecule has 314 valence electrons. The Morgan fingerprint density at radius 3 is 2.66 bits per heavy atom. The number of carbonyl (C=O) groups excluding carboxylic acids is 1. The van der Waals surface area contributed by atoms with Crippen LogP contribution in [0.3, 0.4) is 0 Å². The molecule has 3 aromatic heterocycles. The van der Waals surface area contributed by atoms with E-state index >= 15 is 8.78 Å². The molecule has 5 aromatic rings. The summed E-state index contributed by atoms with van der Waals surface area (Å²) in [6.07, 6.45) is 8.24. The van der Waals surface area contributed by atoms with Crippen molar-refractivity contribution >= 4 is 47.2 Å². The molecule has 2 saturated heterocycles. The summed E-state index contributed by atoms with van der Waals surface area (Å²) in [7, 11) is 1.59. The second-order valence-corrected chi connectivity index (χ2v) is 16.3. The summed E-state index contributed by atoms with van der Waals surface area (Å²) in [6.45, 7) is 7.79. The molecule has 5 heterocycles. The third-order valence-electron chi connectivity index (χ3n) is 10.8. The summed E-state index contributed by atoms with van der Waals surface area (Å²) in [5.74, 6) is -3.22. The standard InChI is InChI=1S/C40H50F2N12O4S/c1-5-14-51(23-55)37(43)30-10-9-29(33(42)35(30)44-4)25-12-16-52(17-13-25)40(56,57)27-7-6-15-53(21-27)59-28-8-11-32(31(41)18-28)48-39-49-38-36(58-24(2)3)34(26-19-46-47-20-26)45-22-54(38)50-39/h8-11,18-20,22-25,27,43-44,56-57H,5-7,12-17,21H2,1-4H3,(H,46,47)(H,48,50). The van der Waals surface area contributed by atoms with Gasteiger partial charge in [0.15, 0.2) is 5.75 Å². The topological polar surface area (TPSA) is 196 Å². The van der Waals surface area contributed by atoms with Gasteiger partial charge < -0.3 is 25.6 Å². The summed E-state index contributed by atoms with van der Waals surface area (Å²) in [5, 5.41) is 48.7. The van der Waals surface area contributed by atoms with Crippen LogP contribution in [0.1, 0.15) is 69.9 Å². The van der Waals surface area contributed by atoms with Crippen molar-refractivity contribution in [3.05, 3.63) is 71.8 Å². The van der Waals surface area contributed by atoms with Crippen LogP contribution in [0.5, 0.6) is 5.75 Å². The average Bonchev–Trinajstić information content (AvgIpc) is 3.92. The lowest BCUT2D eigenvalue weighted by atomic mass is 9.86. The Balaban J connectivity index is 0.971. The number of aliphatic hydroxyl groups is 2. The van der Waals surface area contributed by atoms with Crippen molar-refractivity contribution in [3.8, 4) is 17.0 Å². The normalized spacial score (nSPS) is 17.1. The number of anilines is 3. The molecule has 19 heteroatoms. The minimum Gasteiger partial charge on any atom is -0.485 e. The SMILES string of the molecule is CCCN(C=O)C(=N)c1ccc(C2CCN(C(O)(O)C3CCCN(Sc4ccc(Nc5nc6c(OC(C)C)c(-c7cn[nH]c7)ncn6n5)c(F)c4)C3)CC2)c(F)c1NC. The van der Waals surface area contributed by atoms with Crippen molar-refractivity contribution in [2.45, 2.75) is 75.7 Å². The molecular weight excluding hydrogens is 783 g/mol. The van der Waals surface area contributed by atoms with Crippen molar-refractivity contribution in [2.24, 2.45) is 5.92 Å². The van der Waals surface area contributed by atoms with E-state index in [-0.39, 0.29) is 35.2 Å². The zero-order valence-electron chi connectivity index (χ0n) is 33.5. The predicted molar refractivity (Wildman–Crippen MR) is 221 cm³/mol. The van der Waals surface area contributed by atoms with E-state index in [1.54, 1.807) is 48.6 Å². The number of nitrogens with one attached hydrogen (secondary N) is 4. The van der Waals surface area contributed by atoms with E-state index in [4.69, 9.17) is 10.1 Å². The molecule has 0 saturated carbocycles. The number of hydrogen-bond donors (Lipinski definition) is 6. The number of amidine groups is 1. The fourth-order valence-electron chi connectivity index (χ4n) is 7.82. The molecular formula is C40H50F2N12O4S. The Bertz CT molecular complexity index is 2270. The summed E-state index contributed by atoms with van der Waals surface area (Å²) in [4.78, 5) is 24.2. The van der Waals surface area contributed by atoms with Crippen LogP contribution in [0.25, 0.3) is 16.9 Å². The number of likely N-dealkylation sites (tertiary alicyclic amines) is 1. The van der Waals surface area contributed by atoms with Gasteiger partial charge in [-0.3, -0.25) is 25.1 Å². The number of ether oxygens (including phenoxy) is 1. The average molecular weight is 833 g/mol. The lowest BCUT2D eigenvalue weighted by Gasteiger charge is -2.46. The van der Waals surface area contributed by atoms with Gasteiger partial charge in [-0.15, -0.1) is 5.10 Å². The number of halogens is 2. The van der Waals surface area contributed by atoms with Crippen LogP contribution in [0, 0.1) is 23.0 Å². The quantitative estimate of drug-likeness (QED) is 0.0244. The second-order valence-electron chi connectivity index (χ2n) is 15.1. The van der Waals surface area contributed by atoms with Crippen LogP contribution in [0.15, 0.2) is 53.9 Å². The maximum Gasteiger partial charge on any atom is 0.247 e. The number of H-pyrrole nitrogens is 1. The molecule has 7 rings (SSSR count). The molecule has 16 nitrogen and oxygen atoms in total. The third-order valence-corrected chi connectivity index (χ3v) is 11.8. The van der Waals surface area contributed by atoms with E-state index in [9.17, 15) is 15.0 Å². The van der Waals surface area contributed by atoms with E-state index in [1.165, 1.54) is 33.8 Å². The first-order valence-electron chi connectivity index (χ1n) is 19.8. The molecule has 6 N–H and O–H groups in total. The highest BCUT2D eigenvalue weighted by molar-refractivity contribution is 7.97. The summed E-state index contributed by atoms with van der Waals surface area (Å²) in [6, 6.07) is 8.17. The van der Waals surface area contributed by atoms with Crippen molar-refractivity contribution in [3.63, 3.8) is 0 Å². The van der Waals surface area contributed by atoms with E-state index in [0.29, 0.717) is 97.9 Å². The molecule has 2 aromatic carbocycles. The number of nitrogens with zero attached hydrogens (tertiary/aromatic N) is 8. The fourth-order valence-corrected chi connectivity index (χ4v) is 8.88. The molecule has 1 unspecified atom stereocenters. The minimum atomic E-state index is -2.09. The molecule has 1 amide bonds. The second kappa shape index (κ2) is 18.0. The number of carbonyl (C=O) groups is 1. The van der Waals surface area contributed by atoms with Crippen molar-refractivity contribution < 1.29 is 28.5 Å². The van der Waals surface area contributed by atoms with E-state index in [2.05, 4.69) is 35.9 Å². The smallest absolute Gasteiger partial charge is 0.247 e. The first-order valence-corrected chi connectivity index (χ1v) is 20.6. The van der Waals surface area contributed by atoms with Crippen LogP contribution in [-0.4, -0.2) is 118 Å². The molecule has 2 aliphatic rings. The van der Waals surface area contributed by atoms with Gasteiger partial charge in [-0.25, -0.2) is 18.1 Å². The van der Waals surface area contributed by atoms with Crippen LogP contribution >= 0.6 is 11.9 Å². The Hall–Kier alpha value is -5.21. The van der Waals surface area contributed by atoms with Crippen molar-refractivity contribution in [1.29, 1.82) is 5.41 Å². The number of aromatic nitrogens is 6. The highest BCUT2D eigenvalue weighted by atomic mass is 32.2. The van der Waals surface area contributed by atoms with Gasteiger partial charge in [0.05, 0.1) is 23.7 Å². The summed E-state index contributed by atoms with van der Waals surface area (Å²) < 4.78 is 41.1. The molecule has 0 radical (unpaired) electrons. The number of benzene rings is 2. The van der Waals surface area contributed by atoms with Crippen LogP contribution in [0.4, 0.5) is 26.1 Å². The largest absolute Gasteiger partial charge is 0.485 e. The first kappa shape index (κ1) is 41.9. The summed E-state index contributed by atoms with van der Waals surface area (Å²) in [5.41, 5.74) is 2.81. The maximum absolute atomic E-state index is 15.9. The molecule has 2 aliphatic heterocycles. The molecule has 1 atom stereocenters. The predicted octanol–water partition coefficient (Wildman–Crippen LogP) is 5.80. The number of amides is 1. The highest BCUT2D eigenvalue weighted by Gasteiger charge is 2.44. The van der Waals surface area contributed by atoms with Gasteiger partial charge in [0.1, 0.15) is 29.5 Å². The zero-order chi connectivity index (χ0) is 41.8. The van der Waals surface area contributed by atoms with Gasteiger partial charge >= 0.3 is 0 Å². The van der Waals surface area contributed by atoms with Gasteiger partial charge in [0, 0.05) is 67.9 Å². The van der Waals surface area contributed by atoms with Crippen molar-refractivity contribution in [1.82, 2.24) is 43.9 Å². The monoisotopic (exact) mass is 832 g/mol. The number of aromatic amines is 1. The van der Waals surface area contributed by atoms with Gasteiger partial charge in [-0.05, 0) is 93.6 Å². The third kappa shape index (κ3) is 8.89. The number of hydrogen-bond acceptors (Lipinski definition) is 14. The van der Waals surface area contributed by atoms with Crippen molar-refractivity contribution in [2.75, 3.05) is 50.4 Å². The lowest BCUT2D eigenvalue weighted by molar-refractivity contribution is -0.303. The summed E-state index contributed by atoms with van der Waals surface area (Å²) >= 11 is 1.36. The maximum atomic E-state index is 15.9. The first-order chi connectivity index (χ1) is 28.4. The van der Waals surface area contributed by atoms with Gasteiger partial charge in [-0.2, -0.15) is 14.6 Å². The fraction of sp³-hybridized carbons (Fsp3) is 0.450. The number of fused-ring (bicyclic) bond motifs is 1. The Kier molecular flexibility index (Phi) is 12.8. The van der Waals surface area contributed by atoms with Crippen LogP contribution in [-0.2, 0) is 4.79 Å². The number of piperidine rings is 2. The van der Waals surface area contributed by atoms with Crippen LogP contribution < -0.4 is 15.4 Å². The van der Waals surface area contributed by atoms with E-state index < -0.39 is 23.5 Å². The molecule has 0 spiro atoms. The van der Waals surface area contributed by atoms with E-state index in [0.717, 1.165) is 12.0 Å². The lowest BCUT2D eigenvalue weighted by Crippen LogP contribution is -2.59. The molecule has 0 aliphatic carbocycles. The van der Waals surface area contributed by atoms with E-state index in [1.807, 2.05) is 25.1 Å². The van der Waals surface area contributed by atoms with Crippen LogP contribution in [0.2, 0.25) is 0 Å². The highest BCUT2D eigenvalue weighted by Crippen LogP contribution is 2.40. The van der Waals surface area contributed by atoms with Gasteiger partial charge in [0.25, 0.3) is 0 Å². The number of rotatable bonds is 15. The Labute approximate surface area is 345 Å². The van der Waals surface area contributed by atoms with Gasteiger partial charge in [-0.1, -0.05) is 13.0 Å². The minimum absolute atomic E-state index is 0.0705. The van der Waals surface area contributed by atoms with Gasteiger partial charge in [0.2, 0.25) is 23.9 Å². The zero-order valence-corrected chi connectivity index (χ0v) is 34.3. The Morgan fingerprint density at radius 2 is 1.98 bits per heavy atom. The molecule has 59 heavy (non-hydrogen) atoms. The molecule has 2 fully saturated rings.